The van der Waals surface area contributed by atoms with Crippen molar-refractivity contribution < 1.29 is 13.9 Å². The molecule has 0 bridgehead atoms. The van der Waals surface area contributed by atoms with Gasteiger partial charge in [-0.1, -0.05) is 24.3 Å². The highest BCUT2D eigenvalue weighted by Gasteiger charge is 2.17. The van der Waals surface area contributed by atoms with Gasteiger partial charge in [-0.3, -0.25) is 9.69 Å². The van der Waals surface area contributed by atoms with Crippen LogP contribution in [0.2, 0.25) is 0 Å². The number of piperazine rings is 1. The Bertz CT molecular complexity index is 748. The number of rotatable bonds is 8. The SMILES string of the molecule is CC(Oc1cccc(F)c1)C(=O)NCCCN1CCN(c2ccccc2)CC1. The summed E-state index contributed by atoms with van der Waals surface area (Å²) in [6, 6.07) is 16.3. The van der Waals surface area contributed by atoms with E-state index in [4.69, 9.17) is 4.74 Å². The van der Waals surface area contributed by atoms with Crippen molar-refractivity contribution in [2.45, 2.75) is 19.4 Å². The number of benzene rings is 2. The van der Waals surface area contributed by atoms with Crippen LogP contribution in [-0.4, -0.2) is 56.2 Å². The van der Waals surface area contributed by atoms with Crippen LogP contribution in [0.5, 0.6) is 5.75 Å². The third kappa shape index (κ3) is 5.96. The first-order valence-corrected chi connectivity index (χ1v) is 9.84. The van der Waals surface area contributed by atoms with Crippen LogP contribution in [0.1, 0.15) is 13.3 Å². The molecule has 3 rings (SSSR count). The van der Waals surface area contributed by atoms with Crippen molar-refractivity contribution in [2.24, 2.45) is 0 Å². The average Bonchev–Trinajstić information content (AvgIpc) is 2.72. The molecule has 1 fully saturated rings. The van der Waals surface area contributed by atoms with E-state index in [0.717, 1.165) is 39.1 Å². The van der Waals surface area contributed by atoms with Gasteiger partial charge in [0, 0.05) is 44.5 Å². The van der Waals surface area contributed by atoms with Gasteiger partial charge in [0.25, 0.3) is 5.91 Å². The molecule has 0 spiro atoms. The normalized spacial score (nSPS) is 15.9. The molecule has 0 aromatic heterocycles. The molecule has 0 saturated carbocycles. The first kappa shape index (κ1) is 20.1. The fourth-order valence-corrected chi connectivity index (χ4v) is 3.32. The van der Waals surface area contributed by atoms with Crippen molar-refractivity contribution >= 4 is 11.6 Å². The van der Waals surface area contributed by atoms with Crippen LogP contribution in [0.4, 0.5) is 10.1 Å². The standard InChI is InChI=1S/C22H28FN3O2/c1-18(28-21-10-5-7-19(23)17-21)22(27)24-11-6-12-25-13-15-26(16-14-25)20-8-3-2-4-9-20/h2-5,7-10,17-18H,6,11-16H2,1H3,(H,24,27). The summed E-state index contributed by atoms with van der Waals surface area (Å²) in [6.45, 7) is 7.34. The highest BCUT2D eigenvalue weighted by atomic mass is 19.1. The molecule has 1 aliphatic rings. The Hall–Kier alpha value is -2.60. The number of hydrogen-bond acceptors (Lipinski definition) is 4. The number of hydrogen-bond donors (Lipinski definition) is 1. The Kier molecular flexibility index (Phi) is 7.25. The first-order chi connectivity index (χ1) is 13.6. The number of para-hydroxylation sites is 1. The lowest BCUT2D eigenvalue weighted by molar-refractivity contribution is -0.127. The lowest BCUT2D eigenvalue weighted by Crippen LogP contribution is -2.47. The largest absolute Gasteiger partial charge is 0.481 e. The van der Waals surface area contributed by atoms with E-state index in [1.165, 1.54) is 17.8 Å². The zero-order valence-corrected chi connectivity index (χ0v) is 16.3. The summed E-state index contributed by atoms with van der Waals surface area (Å²) in [5, 5.41) is 2.90. The van der Waals surface area contributed by atoms with Crippen molar-refractivity contribution in [3.63, 3.8) is 0 Å². The zero-order valence-electron chi connectivity index (χ0n) is 16.3. The molecule has 6 heteroatoms. The second-order valence-corrected chi connectivity index (χ2v) is 7.03. The monoisotopic (exact) mass is 385 g/mol. The molecule has 150 valence electrons. The summed E-state index contributed by atoms with van der Waals surface area (Å²) in [5.74, 6) is -0.199. The molecule has 0 radical (unpaired) electrons. The second-order valence-electron chi connectivity index (χ2n) is 7.03. The quantitative estimate of drug-likeness (QED) is 0.710. The van der Waals surface area contributed by atoms with Crippen LogP contribution in [0, 0.1) is 5.82 Å². The van der Waals surface area contributed by atoms with Gasteiger partial charge in [-0.2, -0.15) is 0 Å². The fourth-order valence-electron chi connectivity index (χ4n) is 3.32. The van der Waals surface area contributed by atoms with Gasteiger partial charge in [0.1, 0.15) is 11.6 Å². The molecule has 1 N–H and O–H groups in total. The average molecular weight is 385 g/mol. The second kappa shape index (κ2) is 10.1. The van der Waals surface area contributed by atoms with Crippen LogP contribution < -0.4 is 15.0 Å². The molecule has 2 aromatic rings. The van der Waals surface area contributed by atoms with Gasteiger partial charge in [0.2, 0.25) is 0 Å². The molecule has 1 unspecified atom stereocenters. The number of amides is 1. The molecule has 2 aromatic carbocycles. The number of anilines is 1. The zero-order chi connectivity index (χ0) is 19.8. The van der Waals surface area contributed by atoms with Gasteiger partial charge in [-0.15, -0.1) is 0 Å². The first-order valence-electron chi connectivity index (χ1n) is 9.84. The van der Waals surface area contributed by atoms with Crippen molar-refractivity contribution in [3.8, 4) is 5.75 Å². The molecule has 1 atom stereocenters. The predicted octanol–water partition coefficient (Wildman–Crippen LogP) is 2.92. The van der Waals surface area contributed by atoms with E-state index >= 15 is 0 Å². The van der Waals surface area contributed by atoms with Gasteiger partial charge >= 0.3 is 0 Å². The third-order valence-corrected chi connectivity index (χ3v) is 4.92. The van der Waals surface area contributed by atoms with E-state index in [-0.39, 0.29) is 11.7 Å². The van der Waals surface area contributed by atoms with E-state index in [1.807, 2.05) is 6.07 Å². The predicted molar refractivity (Wildman–Crippen MR) is 109 cm³/mol. The van der Waals surface area contributed by atoms with Gasteiger partial charge in [-0.05, 0) is 44.2 Å². The lowest BCUT2D eigenvalue weighted by Gasteiger charge is -2.36. The van der Waals surface area contributed by atoms with E-state index < -0.39 is 6.10 Å². The molecule has 5 nitrogen and oxygen atoms in total. The summed E-state index contributed by atoms with van der Waals surface area (Å²) in [4.78, 5) is 17.0. The number of carbonyl (C=O) groups excluding carboxylic acids is 1. The van der Waals surface area contributed by atoms with Crippen LogP contribution in [0.25, 0.3) is 0 Å². The highest BCUT2D eigenvalue weighted by molar-refractivity contribution is 5.80. The van der Waals surface area contributed by atoms with E-state index in [0.29, 0.717) is 12.3 Å². The van der Waals surface area contributed by atoms with E-state index in [9.17, 15) is 9.18 Å². The smallest absolute Gasteiger partial charge is 0.260 e. The minimum absolute atomic E-state index is 0.182. The molecule has 1 saturated heterocycles. The number of ether oxygens (including phenoxy) is 1. The highest BCUT2D eigenvalue weighted by Crippen LogP contribution is 2.16. The lowest BCUT2D eigenvalue weighted by atomic mass is 10.2. The van der Waals surface area contributed by atoms with Crippen molar-refractivity contribution in [1.29, 1.82) is 0 Å². The van der Waals surface area contributed by atoms with E-state index in [2.05, 4.69) is 39.4 Å². The maximum Gasteiger partial charge on any atom is 0.260 e. The number of carbonyl (C=O) groups is 1. The van der Waals surface area contributed by atoms with Crippen molar-refractivity contribution in [1.82, 2.24) is 10.2 Å². The summed E-state index contributed by atoms with van der Waals surface area (Å²) < 4.78 is 18.7. The van der Waals surface area contributed by atoms with Gasteiger partial charge in [-0.25, -0.2) is 4.39 Å². The Morgan fingerprint density at radius 2 is 1.86 bits per heavy atom. The van der Waals surface area contributed by atoms with Crippen molar-refractivity contribution in [3.05, 3.63) is 60.4 Å². The number of nitrogens with zero attached hydrogens (tertiary/aromatic N) is 2. The Morgan fingerprint density at radius 3 is 2.57 bits per heavy atom. The topological polar surface area (TPSA) is 44.8 Å². The van der Waals surface area contributed by atoms with E-state index in [1.54, 1.807) is 19.1 Å². The summed E-state index contributed by atoms with van der Waals surface area (Å²) in [5.41, 5.74) is 1.28. The Balaban J connectivity index is 1.31. The van der Waals surface area contributed by atoms with Crippen molar-refractivity contribution in [2.75, 3.05) is 44.2 Å². The molecule has 28 heavy (non-hydrogen) atoms. The molecule has 0 aliphatic carbocycles. The molecule has 1 heterocycles. The maximum atomic E-state index is 13.2. The molecular formula is C22H28FN3O2. The van der Waals surface area contributed by atoms with Crippen LogP contribution in [0.15, 0.2) is 54.6 Å². The molecule has 1 amide bonds. The summed E-state index contributed by atoms with van der Waals surface area (Å²) in [6.07, 6.45) is 0.236. The summed E-state index contributed by atoms with van der Waals surface area (Å²) >= 11 is 0. The Morgan fingerprint density at radius 1 is 1.11 bits per heavy atom. The maximum absolute atomic E-state index is 13.2. The molecular weight excluding hydrogens is 357 g/mol. The Labute approximate surface area is 166 Å². The minimum Gasteiger partial charge on any atom is -0.481 e. The van der Waals surface area contributed by atoms with Crippen LogP contribution in [-0.2, 0) is 4.79 Å². The van der Waals surface area contributed by atoms with Crippen LogP contribution >= 0.6 is 0 Å². The number of halogens is 1. The van der Waals surface area contributed by atoms with Crippen LogP contribution in [0.3, 0.4) is 0 Å². The number of nitrogens with one attached hydrogen (secondary N) is 1. The van der Waals surface area contributed by atoms with Gasteiger partial charge in [0.05, 0.1) is 0 Å². The van der Waals surface area contributed by atoms with Gasteiger partial charge in [0.15, 0.2) is 6.10 Å². The third-order valence-electron chi connectivity index (χ3n) is 4.92. The molecule has 1 aliphatic heterocycles. The fraction of sp³-hybridized carbons (Fsp3) is 0.409. The summed E-state index contributed by atoms with van der Waals surface area (Å²) in [7, 11) is 0. The minimum atomic E-state index is -0.656. The van der Waals surface area contributed by atoms with Gasteiger partial charge < -0.3 is 15.0 Å².